The Morgan fingerprint density at radius 2 is 2.04 bits per heavy atom. The highest BCUT2D eigenvalue weighted by atomic mass is 32.1. The van der Waals surface area contributed by atoms with E-state index in [0.717, 1.165) is 22.2 Å². The predicted molar refractivity (Wildman–Crippen MR) is 94.6 cm³/mol. The summed E-state index contributed by atoms with van der Waals surface area (Å²) in [4.78, 5) is 20.4. The summed E-state index contributed by atoms with van der Waals surface area (Å²) in [6, 6.07) is 1.90. The van der Waals surface area contributed by atoms with Crippen LogP contribution in [0.4, 0.5) is 20.7 Å². The molecule has 0 atom stereocenters. The third kappa shape index (κ3) is 3.71. The van der Waals surface area contributed by atoms with Crippen molar-refractivity contribution >= 4 is 44.7 Å². The van der Waals surface area contributed by atoms with Gasteiger partial charge in [-0.2, -0.15) is 5.10 Å². The van der Waals surface area contributed by atoms with Gasteiger partial charge in [-0.3, -0.25) is 10.00 Å². The van der Waals surface area contributed by atoms with E-state index >= 15 is 0 Å². The minimum atomic E-state index is -0.626. The van der Waals surface area contributed by atoms with E-state index in [9.17, 15) is 4.79 Å². The number of nitrogens with zero attached hydrogens (tertiary/aromatic N) is 4. The normalized spacial score (nSPS) is 10.7. The van der Waals surface area contributed by atoms with Gasteiger partial charge in [-0.15, -0.1) is 11.3 Å². The summed E-state index contributed by atoms with van der Waals surface area (Å²) in [7, 11) is 1.83. The minimum Gasteiger partial charge on any atom is -0.388 e. The number of carbonyl (C=O) groups excluding carboxylic acids is 1. The number of hydrogen-bond acceptors (Lipinski definition) is 8. The average molecular weight is 364 g/mol. The van der Waals surface area contributed by atoms with Gasteiger partial charge in [-0.05, 0) is 20.8 Å². The van der Waals surface area contributed by atoms with Crippen molar-refractivity contribution in [2.45, 2.75) is 20.8 Å². The molecule has 3 rings (SSSR count). The summed E-state index contributed by atoms with van der Waals surface area (Å²) in [5, 5.41) is 13.8. The highest BCUT2D eigenvalue weighted by molar-refractivity contribution is 7.16. The van der Waals surface area contributed by atoms with Gasteiger partial charge in [0.2, 0.25) is 0 Å². The number of aryl methyl sites for hydroxylation is 4. The zero-order chi connectivity index (χ0) is 17.3. The van der Waals surface area contributed by atoms with E-state index in [0.29, 0.717) is 10.1 Å². The molecule has 0 unspecified atom stereocenters. The van der Waals surface area contributed by atoms with Crippen LogP contribution in [0.15, 0.2) is 11.4 Å². The first-order valence-corrected chi connectivity index (χ1v) is 8.76. The molecule has 8 nitrogen and oxygen atoms in total. The molecule has 1 amide bonds. The lowest BCUT2D eigenvalue weighted by Crippen LogP contribution is -2.17. The molecule has 0 bridgehead atoms. The smallest absolute Gasteiger partial charge is 0.388 e. The first-order chi connectivity index (χ1) is 11.4. The van der Waals surface area contributed by atoms with Crippen LogP contribution in [0.25, 0.3) is 0 Å². The maximum atomic E-state index is 12.0. The van der Waals surface area contributed by atoms with Gasteiger partial charge in [0.05, 0.1) is 16.4 Å². The Morgan fingerprint density at radius 3 is 2.67 bits per heavy atom. The number of aromatic nitrogens is 4. The van der Waals surface area contributed by atoms with E-state index in [4.69, 9.17) is 4.74 Å². The molecule has 24 heavy (non-hydrogen) atoms. The van der Waals surface area contributed by atoms with Crippen molar-refractivity contribution in [1.82, 2.24) is 19.7 Å². The number of amides is 1. The summed E-state index contributed by atoms with van der Waals surface area (Å²) in [5.41, 5.74) is 1.73. The number of nitrogens with one attached hydrogen (secondary N) is 2. The van der Waals surface area contributed by atoms with Crippen LogP contribution >= 0.6 is 22.7 Å². The number of ether oxygens (including phenoxy) is 1. The number of rotatable bonds is 4. The minimum absolute atomic E-state index is 0.224. The lowest BCUT2D eigenvalue weighted by molar-refractivity contribution is 0.214. The number of thiazole rings is 2. The number of hydrogen-bond donors (Lipinski definition) is 2. The van der Waals surface area contributed by atoms with Crippen molar-refractivity contribution in [3.05, 3.63) is 27.8 Å². The van der Waals surface area contributed by atoms with Crippen molar-refractivity contribution in [2.75, 3.05) is 10.6 Å². The van der Waals surface area contributed by atoms with Gasteiger partial charge in [-0.25, -0.2) is 14.8 Å². The summed E-state index contributed by atoms with van der Waals surface area (Å²) in [6.07, 6.45) is -0.626. The molecule has 0 aromatic carbocycles. The molecule has 0 radical (unpaired) electrons. The molecule has 3 aromatic rings. The van der Waals surface area contributed by atoms with Crippen molar-refractivity contribution < 1.29 is 9.53 Å². The van der Waals surface area contributed by atoms with E-state index in [1.54, 1.807) is 4.68 Å². The van der Waals surface area contributed by atoms with Gasteiger partial charge in [-0.1, -0.05) is 11.3 Å². The van der Waals surface area contributed by atoms with E-state index in [2.05, 4.69) is 25.7 Å². The van der Waals surface area contributed by atoms with Crippen LogP contribution in [0, 0.1) is 20.8 Å². The zero-order valence-electron chi connectivity index (χ0n) is 13.6. The second-order valence-electron chi connectivity index (χ2n) is 5.10. The molecular formula is C14H16N6O2S2. The summed E-state index contributed by atoms with van der Waals surface area (Å²) < 4.78 is 7.04. The van der Waals surface area contributed by atoms with Gasteiger partial charge < -0.3 is 10.1 Å². The topological polar surface area (TPSA) is 94.0 Å². The van der Waals surface area contributed by atoms with Crippen LogP contribution in [0.3, 0.4) is 0 Å². The van der Waals surface area contributed by atoms with E-state index in [1.165, 1.54) is 22.7 Å². The second kappa shape index (κ2) is 6.57. The van der Waals surface area contributed by atoms with Crippen molar-refractivity contribution in [1.29, 1.82) is 0 Å². The molecule has 0 spiro atoms. The lowest BCUT2D eigenvalue weighted by atomic mass is 10.5. The van der Waals surface area contributed by atoms with Crippen molar-refractivity contribution in [2.24, 2.45) is 7.05 Å². The molecule has 3 aromatic heterocycles. The molecule has 126 valence electrons. The average Bonchev–Trinajstić information content (AvgIpc) is 3.12. The third-order valence-electron chi connectivity index (χ3n) is 2.96. The van der Waals surface area contributed by atoms with E-state index < -0.39 is 6.09 Å². The molecule has 2 N–H and O–H groups in total. The van der Waals surface area contributed by atoms with Crippen LogP contribution in [0.1, 0.15) is 16.4 Å². The molecular weight excluding hydrogens is 348 g/mol. The van der Waals surface area contributed by atoms with Gasteiger partial charge >= 0.3 is 6.09 Å². The van der Waals surface area contributed by atoms with Crippen molar-refractivity contribution in [3.8, 4) is 5.88 Å². The molecule has 10 heteroatoms. The van der Waals surface area contributed by atoms with Crippen LogP contribution < -0.4 is 15.4 Å². The Morgan fingerprint density at radius 1 is 1.25 bits per heavy atom. The summed E-state index contributed by atoms with van der Waals surface area (Å²) >= 11 is 2.74. The van der Waals surface area contributed by atoms with Crippen LogP contribution in [0.5, 0.6) is 5.88 Å². The highest BCUT2D eigenvalue weighted by Gasteiger charge is 2.17. The van der Waals surface area contributed by atoms with Gasteiger partial charge in [0.1, 0.15) is 5.82 Å². The summed E-state index contributed by atoms with van der Waals surface area (Å²) in [6.45, 7) is 5.61. The Balaban J connectivity index is 1.74. The fourth-order valence-corrected chi connectivity index (χ4v) is 3.44. The van der Waals surface area contributed by atoms with Crippen LogP contribution in [0.2, 0.25) is 0 Å². The Kier molecular flexibility index (Phi) is 4.49. The predicted octanol–water partition coefficient (Wildman–Crippen LogP) is 3.61. The third-order valence-corrected chi connectivity index (χ3v) is 4.71. The van der Waals surface area contributed by atoms with Gasteiger partial charge in [0.15, 0.2) is 10.1 Å². The fourth-order valence-electron chi connectivity index (χ4n) is 2.01. The summed E-state index contributed by atoms with van der Waals surface area (Å²) in [5.74, 6) is 1.01. The zero-order valence-corrected chi connectivity index (χ0v) is 15.2. The Labute approximate surface area is 146 Å². The first-order valence-electron chi connectivity index (χ1n) is 7.07. The molecule has 0 aliphatic heterocycles. The van der Waals surface area contributed by atoms with Crippen molar-refractivity contribution in [3.63, 3.8) is 0 Å². The van der Waals surface area contributed by atoms with E-state index in [-0.39, 0.29) is 5.88 Å². The van der Waals surface area contributed by atoms with Crippen LogP contribution in [-0.4, -0.2) is 25.8 Å². The number of anilines is 3. The first kappa shape index (κ1) is 16.4. The van der Waals surface area contributed by atoms with Gasteiger partial charge in [0, 0.05) is 18.5 Å². The maximum Gasteiger partial charge on any atom is 0.420 e. The molecule has 0 aliphatic rings. The van der Waals surface area contributed by atoms with Gasteiger partial charge in [0.25, 0.3) is 5.88 Å². The second-order valence-corrected chi connectivity index (χ2v) is 7.16. The highest BCUT2D eigenvalue weighted by Crippen LogP contribution is 2.34. The van der Waals surface area contributed by atoms with E-state index in [1.807, 2.05) is 39.3 Å². The molecule has 0 saturated heterocycles. The Bertz CT molecular complexity index is 882. The largest absolute Gasteiger partial charge is 0.420 e. The van der Waals surface area contributed by atoms with Crippen LogP contribution in [-0.2, 0) is 7.05 Å². The standard InChI is InChI=1S/C14H16N6O2S2/c1-7-5-10(20(4)19-7)17-12-11(16-9(3)24-12)22-14(21)18-13-15-8(2)6-23-13/h5-6,17H,1-4H3,(H,15,18,21). The molecule has 0 saturated carbocycles. The fraction of sp³-hybridized carbons (Fsp3) is 0.286. The number of carbonyl (C=O) groups is 1. The molecule has 3 heterocycles. The molecule has 0 fully saturated rings. The Hall–Kier alpha value is -2.46. The SMILES string of the molecule is Cc1csc(NC(=O)Oc2nc(C)sc2Nc2cc(C)nn2C)n1. The lowest BCUT2D eigenvalue weighted by Gasteiger charge is -2.06. The monoisotopic (exact) mass is 364 g/mol. The maximum absolute atomic E-state index is 12.0. The quantitative estimate of drug-likeness (QED) is 0.734. The molecule has 0 aliphatic carbocycles.